The van der Waals surface area contributed by atoms with Crippen LogP contribution in [0.15, 0.2) is 24.3 Å². The van der Waals surface area contributed by atoms with E-state index in [-0.39, 0.29) is 5.91 Å². The first-order valence-corrected chi connectivity index (χ1v) is 10.2. The SMILES string of the molecule is CCCOC(=O)c1ccc(NC(=O)C2CCCCN2S(C)(=O)=O)cc1. The smallest absolute Gasteiger partial charge is 0.338 e. The third kappa shape index (κ3) is 5.27. The second-order valence-electron chi connectivity index (χ2n) is 6.09. The lowest BCUT2D eigenvalue weighted by Gasteiger charge is -2.32. The number of carbonyl (C=O) groups excluding carboxylic acids is 2. The summed E-state index contributed by atoms with van der Waals surface area (Å²) in [5.41, 5.74) is 0.915. The molecule has 8 heteroatoms. The van der Waals surface area contributed by atoms with E-state index in [1.165, 1.54) is 4.31 Å². The highest BCUT2D eigenvalue weighted by Crippen LogP contribution is 2.21. The van der Waals surface area contributed by atoms with Crippen molar-refractivity contribution in [3.63, 3.8) is 0 Å². The summed E-state index contributed by atoms with van der Waals surface area (Å²) < 4.78 is 30.0. The zero-order valence-electron chi connectivity index (χ0n) is 14.5. The molecule has 1 aliphatic heterocycles. The van der Waals surface area contributed by atoms with Crippen molar-refractivity contribution in [2.24, 2.45) is 0 Å². The first-order valence-electron chi connectivity index (χ1n) is 8.38. The van der Waals surface area contributed by atoms with Gasteiger partial charge in [-0.3, -0.25) is 4.79 Å². The number of piperidine rings is 1. The Morgan fingerprint density at radius 1 is 1.24 bits per heavy atom. The summed E-state index contributed by atoms with van der Waals surface area (Å²) in [5, 5.41) is 2.73. The van der Waals surface area contributed by atoms with E-state index in [0.717, 1.165) is 25.5 Å². The molecule has 1 fully saturated rings. The largest absolute Gasteiger partial charge is 0.462 e. The maximum Gasteiger partial charge on any atom is 0.338 e. The number of benzene rings is 1. The standard InChI is InChI=1S/C17H24N2O5S/c1-3-12-24-17(21)13-7-9-14(10-8-13)18-16(20)15-6-4-5-11-19(15)25(2,22)23/h7-10,15H,3-6,11-12H2,1-2H3,(H,18,20). The predicted octanol–water partition coefficient (Wildman–Crippen LogP) is 2.01. The normalized spacial score (nSPS) is 18.6. The molecular formula is C17H24N2O5S. The fourth-order valence-corrected chi connectivity index (χ4v) is 3.88. The fraction of sp³-hybridized carbons (Fsp3) is 0.529. The fourth-order valence-electron chi connectivity index (χ4n) is 2.76. The molecule has 138 valence electrons. The molecular weight excluding hydrogens is 344 g/mol. The van der Waals surface area contributed by atoms with Crippen molar-refractivity contribution in [2.75, 3.05) is 24.7 Å². The topological polar surface area (TPSA) is 92.8 Å². The maximum absolute atomic E-state index is 12.5. The van der Waals surface area contributed by atoms with Crippen LogP contribution in [0.25, 0.3) is 0 Å². The minimum atomic E-state index is -3.43. The highest BCUT2D eigenvalue weighted by Gasteiger charge is 2.34. The Bertz CT molecular complexity index is 715. The van der Waals surface area contributed by atoms with Crippen LogP contribution in [0.4, 0.5) is 5.69 Å². The Labute approximate surface area is 148 Å². The molecule has 1 amide bonds. The molecule has 0 spiro atoms. The van der Waals surface area contributed by atoms with Gasteiger partial charge in [0, 0.05) is 12.2 Å². The van der Waals surface area contributed by atoms with Gasteiger partial charge in [0.2, 0.25) is 15.9 Å². The molecule has 2 rings (SSSR count). The average Bonchev–Trinajstić information content (AvgIpc) is 2.59. The second-order valence-corrected chi connectivity index (χ2v) is 8.02. The molecule has 0 bridgehead atoms. The van der Waals surface area contributed by atoms with Crippen LogP contribution in [0.2, 0.25) is 0 Å². The number of amides is 1. The number of esters is 1. The van der Waals surface area contributed by atoms with E-state index in [9.17, 15) is 18.0 Å². The molecule has 1 unspecified atom stereocenters. The molecule has 7 nitrogen and oxygen atoms in total. The van der Waals surface area contributed by atoms with Crippen LogP contribution < -0.4 is 5.32 Å². The van der Waals surface area contributed by atoms with Gasteiger partial charge < -0.3 is 10.1 Å². The lowest BCUT2D eigenvalue weighted by Crippen LogP contribution is -2.49. The first kappa shape index (κ1) is 19.4. The molecule has 0 aromatic heterocycles. The van der Waals surface area contributed by atoms with Crippen LogP contribution in [0, 0.1) is 0 Å². The quantitative estimate of drug-likeness (QED) is 0.775. The summed E-state index contributed by atoms with van der Waals surface area (Å²) in [7, 11) is -3.43. The Kier molecular flexibility index (Phi) is 6.55. The molecule has 1 aromatic rings. The van der Waals surface area contributed by atoms with E-state index in [1.54, 1.807) is 24.3 Å². The van der Waals surface area contributed by atoms with Gasteiger partial charge in [-0.15, -0.1) is 0 Å². The van der Waals surface area contributed by atoms with Crippen molar-refractivity contribution in [3.05, 3.63) is 29.8 Å². The summed E-state index contributed by atoms with van der Waals surface area (Å²) in [6, 6.07) is 5.66. The number of nitrogens with zero attached hydrogens (tertiary/aromatic N) is 1. The van der Waals surface area contributed by atoms with Gasteiger partial charge in [0.05, 0.1) is 18.4 Å². The molecule has 1 N–H and O–H groups in total. The molecule has 0 radical (unpaired) electrons. The summed E-state index contributed by atoms with van der Waals surface area (Å²) in [6.07, 6.45) is 3.94. The van der Waals surface area contributed by atoms with Crippen molar-refractivity contribution < 1.29 is 22.7 Å². The third-order valence-corrected chi connectivity index (χ3v) is 5.30. The van der Waals surface area contributed by atoms with Crippen LogP contribution in [-0.4, -0.2) is 50.0 Å². The first-order chi connectivity index (χ1) is 11.8. The minimum absolute atomic E-state index is 0.355. The molecule has 1 atom stereocenters. The Morgan fingerprint density at radius 2 is 1.92 bits per heavy atom. The van der Waals surface area contributed by atoms with E-state index in [2.05, 4.69) is 5.32 Å². The van der Waals surface area contributed by atoms with Gasteiger partial charge in [0.1, 0.15) is 6.04 Å². The monoisotopic (exact) mass is 368 g/mol. The van der Waals surface area contributed by atoms with Gasteiger partial charge in [-0.05, 0) is 43.5 Å². The van der Waals surface area contributed by atoms with Gasteiger partial charge in [0.15, 0.2) is 0 Å². The highest BCUT2D eigenvalue weighted by atomic mass is 32.2. The number of rotatable bonds is 6. The third-order valence-electron chi connectivity index (χ3n) is 4.01. The Morgan fingerprint density at radius 3 is 2.52 bits per heavy atom. The molecule has 1 aromatic carbocycles. The molecule has 25 heavy (non-hydrogen) atoms. The summed E-state index contributed by atoms with van der Waals surface area (Å²) in [6.45, 7) is 2.64. The number of nitrogens with one attached hydrogen (secondary N) is 1. The van der Waals surface area contributed by atoms with Gasteiger partial charge >= 0.3 is 5.97 Å². The molecule has 0 aliphatic carbocycles. The van der Waals surface area contributed by atoms with Gasteiger partial charge in [-0.2, -0.15) is 4.31 Å². The number of sulfonamides is 1. The molecule has 1 heterocycles. The maximum atomic E-state index is 12.5. The molecule has 0 saturated carbocycles. The van der Waals surface area contributed by atoms with Gasteiger partial charge in [-0.1, -0.05) is 13.3 Å². The predicted molar refractivity (Wildman–Crippen MR) is 94.8 cm³/mol. The number of hydrogen-bond acceptors (Lipinski definition) is 5. The van der Waals surface area contributed by atoms with Crippen LogP contribution in [0.1, 0.15) is 43.0 Å². The van der Waals surface area contributed by atoms with Crippen LogP contribution >= 0.6 is 0 Å². The van der Waals surface area contributed by atoms with E-state index in [1.807, 2.05) is 6.92 Å². The summed E-state index contributed by atoms with van der Waals surface area (Å²) in [5.74, 6) is -0.762. The van der Waals surface area contributed by atoms with Gasteiger partial charge in [-0.25, -0.2) is 13.2 Å². The van der Waals surface area contributed by atoms with Crippen molar-refractivity contribution in [1.29, 1.82) is 0 Å². The minimum Gasteiger partial charge on any atom is -0.462 e. The van der Waals surface area contributed by atoms with Crippen molar-refractivity contribution in [1.82, 2.24) is 4.31 Å². The number of anilines is 1. The van der Waals surface area contributed by atoms with E-state index >= 15 is 0 Å². The molecule has 1 aliphatic rings. The van der Waals surface area contributed by atoms with Crippen LogP contribution in [-0.2, 0) is 19.6 Å². The van der Waals surface area contributed by atoms with Crippen molar-refractivity contribution in [2.45, 2.75) is 38.6 Å². The molecule has 1 saturated heterocycles. The number of hydrogen-bond donors (Lipinski definition) is 1. The zero-order valence-corrected chi connectivity index (χ0v) is 15.3. The number of ether oxygens (including phenoxy) is 1. The lowest BCUT2D eigenvalue weighted by molar-refractivity contribution is -0.120. The van der Waals surface area contributed by atoms with Gasteiger partial charge in [0.25, 0.3) is 0 Å². The van der Waals surface area contributed by atoms with Crippen molar-refractivity contribution >= 4 is 27.6 Å². The second kappa shape index (κ2) is 8.44. The average molecular weight is 368 g/mol. The van der Waals surface area contributed by atoms with Crippen LogP contribution in [0.5, 0.6) is 0 Å². The number of carbonyl (C=O) groups is 2. The van der Waals surface area contributed by atoms with E-state index in [4.69, 9.17) is 4.74 Å². The zero-order chi connectivity index (χ0) is 18.4. The highest BCUT2D eigenvalue weighted by molar-refractivity contribution is 7.88. The Hall–Kier alpha value is -1.93. The summed E-state index contributed by atoms with van der Waals surface area (Å²) >= 11 is 0. The Balaban J connectivity index is 2.03. The van der Waals surface area contributed by atoms with E-state index < -0.39 is 22.0 Å². The summed E-state index contributed by atoms with van der Waals surface area (Å²) in [4.78, 5) is 24.2. The van der Waals surface area contributed by atoms with E-state index in [0.29, 0.717) is 30.8 Å². The lowest BCUT2D eigenvalue weighted by atomic mass is 10.0. The van der Waals surface area contributed by atoms with Crippen LogP contribution in [0.3, 0.4) is 0 Å². The van der Waals surface area contributed by atoms with Crippen molar-refractivity contribution in [3.8, 4) is 0 Å².